The zero-order valence-electron chi connectivity index (χ0n) is 19.5. The molecule has 0 amide bonds. The zero-order chi connectivity index (χ0) is 26.2. The van der Waals surface area contributed by atoms with E-state index in [1.807, 2.05) is 24.3 Å². The van der Waals surface area contributed by atoms with E-state index >= 15 is 0 Å². The summed E-state index contributed by atoms with van der Waals surface area (Å²) in [5.41, 5.74) is 0.880. The van der Waals surface area contributed by atoms with Gasteiger partial charge in [0.15, 0.2) is 0 Å². The van der Waals surface area contributed by atoms with E-state index in [0.29, 0.717) is 27.5 Å². The third-order valence-electron chi connectivity index (χ3n) is 5.97. The van der Waals surface area contributed by atoms with Gasteiger partial charge in [0.25, 0.3) is 10.0 Å². The Bertz CT molecular complexity index is 1720. The fourth-order valence-electron chi connectivity index (χ4n) is 4.29. The highest BCUT2D eigenvalue weighted by Gasteiger charge is 2.23. The van der Waals surface area contributed by atoms with Crippen LogP contribution in [0.3, 0.4) is 0 Å². The first-order valence-electron chi connectivity index (χ1n) is 11.1. The van der Waals surface area contributed by atoms with Crippen LogP contribution < -0.4 is 14.0 Å². The Balaban J connectivity index is 1.75. The number of methoxy groups -OCH3 is 1. The van der Waals surface area contributed by atoms with Crippen molar-refractivity contribution in [1.29, 1.82) is 0 Å². The Labute approximate surface area is 214 Å². The van der Waals surface area contributed by atoms with Gasteiger partial charge in [-0.3, -0.25) is 4.72 Å². The van der Waals surface area contributed by atoms with Gasteiger partial charge < -0.3 is 24.2 Å². The van der Waals surface area contributed by atoms with E-state index in [2.05, 4.69) is 4.72 Å². The first-order valence-corrected chi connectivity index (χ1v) is 13.7. The fourth-order valence-corrected chi connectivity index (χ4v) is 5.69. The molecule has 0 spiro atoms. The molecule has 5 aromatic rings. The molecule has 0 heterocycles. The molecule has 188 valence electrons. The largest absolute Gasteiger partial charge is 0.507 e. The molecule has 0 saturated heterocycles. The van der Waals surface area contributed by atoms with Gasteiger partial charge in [0.1, 0.15) is 17.2 Å². The highest BCUT2D eigenvalue weighted by Crippen LogP contribution is 2.48. The van der Waals surface area contributed by atoms with E-state index in [4.69, 9.17) is 9.26 Å². The maximum absolute atomic E-state index is 13.3. The van der Waals surface area contributed by atoms with Crippen molar-refractivity contribution in [3.63, 3.8) is 0 Å². The number of phenols is 1. The number of sulfonamides is 1. The number of hydrogen-bond donors (Lipinski definition) is 4. The number of hydrogen-bond acceptors (Lipinski definition) is 7. The van der Waals surface area contributed by atoms with Gasteiger partial charge in [-0.25, -0.2) is 8.42 Å². The summed E-state index contributed by atoms with van der Waals surface area (Å²) in [4.78, 5) is 19.2. The van der Waals surface area contributed by atoms with E-state index in [9.17, 15) is 23.3 Å². The molecule has 0 radical (unpaired) electrons. The lowest BCUT2D eigenvalue weighted by Crippen LogP contribution is -2.13. The van der Waals surface area contributed by atoms with Gasteiger partial charge in [0.05, 0.1) is 17.7 Å². The van der Waals surface area contributed by atoms with Crippen LogP contribution in [0.1, 0.15) is 0 Å². The Morgan fingerprint density at radius 1 is 0.811 bits per heavy atom. The second kappa shape index (κ2) is 9.88. The van der Waals surface area contributed by atoms with Crippen LogP contribution in [0.25, 0.3) is 32.7 Å². The Morgan fingerprint density at radius 2 is 1.46 bits per heavy atom. The summed E-state index contributed by atoms with van der Waals surface area (Å²) in [5, 5.41) is 13.7. The lowest BCUT2D eigenvalue weighted by Gasteiger charge is -2.19. The molecule has 10 heteroatoms. The summed E-state index contributed by atoms with van der Waals surface area (Å²) in [5.74, 6) is 0.543. The number of ether oxygens (including phenoxy) is 1. The minimum atomic E-state index is -4.01. The van der Waals surface area contributed by atoms with Crippen LogP contribution in [-0.4, -0.2) is 30.4 Å². The molecule has 0 atom stereocenters. The van der Waals surface area contributed by atoms with Crippen molar-refractivity contribution in [2.24, 2.45) is 0 Å². The van der Waals surface area contributed by atoms with Gasteiger partial charge in [-0.2, -0.15) is 0 Å². The van der Waals surface area contributed by atoms with Crippen LogP contribution in [0.15, 0.2) is 95.9 Å². The van der Waals surface area contributed by atoms with Gasteiger partial charge in [-0.15, -0.1) is 0 Å². The molecule has 0 fully saturated rings. The summed E-state index contributed by atoms with van der Waals surface area (Å²) < 4.78 is 39.7. The van der Waals surface area contributed by atoms with Crippen molar-refractivity contribution in [2.75, 3.05) is 11.8 Å². The predicted molar refractivity (Wildman–Crippen MR) is 144 cm³/mol. The number of fused-ring (bicyclic) bond motifs is 2. The monoisotopic (exact) mass is 535 g/mol. The van der Waals surface area contributed by atoms with Gasteiger partial charge >= 0.3 is 8.60 Å². The summed E-state index contributed by atoms with van der Waals surface area (Å²) in [6, 6.07) is 25.0. The van der Waals surface area contributed by atoms with E-state index in [1.165, 1.54) is 25.3 Å². The van der Waals surface area contributed by atoms with Gasteiger partial charge in [-0.05, 0) is 47.2 Å². The molecule has 0 unspecified atom stereocenters. The highest BCUT2D eigenvalue weighted by atomic mass is 32.2. The summed E-state index contributed by atoms with van der Waals surface area (Å²) in [7, 11) is -5.27. The Hall–Kier alpha value is -3.88. The van der Waals surface area contributed by atoms with E-state index in [-0.39, 0.29) is 27.6 Å². The average Bonchev–Trinajstić information content (AvgIpc) is 2.90. The molecule has 0 aliphatic rings. The minimum absolute atomic E-state index is 0.0346. The topological polar surface area (TPSA) is 125 Å². The molecule has 0 saturated carbocycles. The Morgan fingerprint density at radius 3 is 2.14 bits per heavy atom. The van der Waals surface area contributed by atoms with Crippen LogP contribution in [0.4, 0.5) is 5.69 Å². The van der Waals surface area contributed by atoms with E-state index in [0.717, 1.165) is 5.39 Å². The highest BCUT2D eigenvalue weighted by molar-refractivity contribution is 7.92. The van der Waals surface area contributed by atoms with Crippen LogP contribution in [0.5, 0.6) is 17.2 Å². The molecular formula is C27H22NO7PS. The molecule has 37 heavy (non-hydrogen) atoms. The van der Waals surface area contributed by atoms with Gasteiger partial charge in [0, 0.05) is 21.9 Å². The van der Waals surface area contributed by atoms with Crippen molar-refractivity contribution in [3.8, 4) is 28.4 Å². The van der Waals surface area contributed by atoms with Crippen LogP contribution in [0.2, 0.25) is 0 Å². The van der Waals surface area contributed by atoms with Crippen LogP contribution in [-0.2, 0) is 10.0 Å². The zero-order valence-corrected chi connectivity index (χ0v) is 21.2. The van der Waals surface area contributed by atoms with Crippen molar-refractivity contribution in [1.82, 2.24) is 0 Å². The van der Waals surface area contributed by atoms with E-state index in [1.54, 1.807) is 48.5 Å². The summed E-state index contributed by atoms with van der Waals surface area (Å²) in [6.07, 6.45) is 0. The SMILES string of the molecule is COc1ccc(S(=O)(=O)Nc2cc(-c3c(OP(O)O)ccc4ccccc34)c(O)c3ccccc23)cc1. The molecule has 8 nitrogen and oxygen atoms in total. The fraction of sp³-hybridized carbons (Fsp3) is 0.0370. The number of aromatic hydroxyl groups is 1. The number of anilines is 1. The standard InChI is InChI=1S/C27H22NO7PS/c1-34-18-11-13-19(14-12-18)37(32,33)28-24-16-23(27(29)22-9-5-4-8-21(22)24)26-20-7-3-2-6-17(20)10-15-25(26)35-36(30)31/h2-16,28-31H,1H3. The normalized spacial score (nSPS) is 11.7. The molecule has 0 aliphatic heterocycles. The summed E-state index contributed by atoms with van der Waals surface area (Å²) in [6.45, 7) is 0. The molecule has 4 N–H and O–H groups in total. The first kappa shape index (κ1) is 24.8. The molecule has 0 aliphatic carbocycles. The maximum atomic E-state index is 13.3. The molecule has 5 rings (SSSR count). The number of phenolic OH excluding ortho intramolecular Hbond substituents is 1. The maximum Gasteiger partial charge on any atom is 0.391 e. The second-order valence-corrected chi connectivity index (χ2v) is 10.5. The molecule has 0 aromatic heterocycles. The van der Waals surface area contributed by atoms with Gasteiger partial charge in [0.2, 0.25) is 0 Å². The van der Waals surface area contributed by atoms with Crippen molar-refractivity contribution in [3.05, 3.63) is 91.0 Å². The van der Waals surface area contributed by atoms with Crippen LogP contribution in [0, 0.1) is 0 Å². The smallest absolute Gasteiger partial charge is 0.391 e. The predicted octanol–water partition coefficient (Wildman–Crippen LogP) is 5.77. The first-order chi connectivity index (χ1) is 17.8. The quantitative estimate of drug-likeness (QED) is 0.154. The molecule has 0 bridgehead atoms. The third-order valence-corrected chi connectivity index (χ3v) is 7.71. The van der Waals surface area contributed by atoms with Crippen LogP contribution >= 0.6 is 8.60 Å². The lowest BCUT2D eigenvalue weighted by molar-refractivity contribution is 0.375. The number of rotatable bonds is 7. The van der Waals surface area contributed by atoms with Crippen molar-refractivity contribution >= 4 is 45.9 Å². The number of nitrogens with one attached hydrogen (secondary N) is 1. The van der Waals surface area contributed by atoms with Gasteiger partial charge in [-0.1, -0.05) is 54.6 Å². The molecule has 5 aromatic carbocycles. The third kappa shape index (κ3) is 4.77. The lowest BCUT2D eigenvalue weighted by atomic mass is 9.93. The van der Waals surface area contributed by atoms with E-state index < -0.39 is 18.6 Å². The Kier molecular flexibility index (Phi) is 6.62. The molecular weight excluding hydrogens is 513 g/mol. The summed E-state index contributed by atoms with van der Waals surface area (Å²) >= 11 is 0. The van der Waals surface area contributed by atoms with Crippen molar-refractivity contribution < 1.29 is 32.6 Å². The number of benzene rings is 5. The van der Waals surface area contributed by atoms with Crippen molar-refractivity contribution in [2.45, 2.75) is 4.90 Å². The minimum Gasteiger partial charge on any atom is -0.507 e. The average molecular weight is 536 g/mol. The second-order valence-electron chi connectivity index (χ2n) is 8.15.